The molecule has 0 fully saturated rings. The first-order valence-corrected chi connectivity index (χ1v) is 12.3. The number of amides is 4. The Hall–Kier alpha value is -4.46. The van der Waals surface area contributed by atoms with E-state index in [2.05, 4.69) is 15.6 Å². The lowest BCUT2D eigenvalue weighted by molar-refractivity contribution is -0.145. The first kappa shape index (κ1) is 30.8. The van der Waals surface area contributed by atoms with Crippen LogP contribution in [0, 0.1) is 5.92 Å². The first-order chi connectivity index (χ1) is 18.3. The van der Waals surface area contributed by atoms with Gasteiger partial charge in [-0.15, -0.1) is 0 Å². The standard InChI is InChI=1S/C25H34N6O8/c1-3-12(2)21(31-22(35)15(26)8-13-11-28-16-7-5-4-6-14(13)16)24(37)29-17(10-20(33)34)23(36)30-18(25(38)39)9-19(27)32/h4-7,11-12,15,17-18,21,28H,3,8-10,26H2,1-2H3,(H2,27,32)(H,29,37)(H,30,36)(H,31,35)(H,33,34)(H,38,39). The van der Waals surface area contributed by atoms with E-state index in [9.17, 15) is 39.0 Å². The van der Waals surface area contributed by atoms with Gasteiger partial charge in [-0.2, -0.15) is 0 Å². The molecule has 2 aromatic rings. The molecule has 1 heterocycles. The highest BCUT2D eigenvalue weighted by Crippen LogP contribution is 2.19. The Bertz CT molecular complexity index is 1230. The molecule has 212 valence electrons. The highest BCUT2D eigenvalue weighted by molar-refractivity contribution is 5.96. The molecular formula is C25H34N6O8. The van der Waals surface area contributed by atoms with Crippen LogP contribution in [0.25, 0.3) is 10.9 Å². The molecule has 4 amide bonds. The molecule has 5 atom stereocenters. The fourth-order valence-corrected chi connectivity index (χ4v) is 3.91. The molecular weight excluding hydrogens is 512 g/mol. The van der Waals surface area contributed by atoms with Crippen molar-refractivity contribution in [3.63, 3.8) is 0 Å². The molecule has 14 heteroatoms. The van der Waals surface area contributed by atoms with E-state index in [1.54, 1.807) is 20.0 Å². The number of nitrogens with two attached hydrogens (primary N) is 2. The van der Waals surface area contributed by atoms with Gasteiger partial charge < -0.3 is 42.6 Å². The zero-order chi connectivity index (χ0) is 29.3. The molecule has 0 aliphatic rings. The van der Waals surface area contributed by atoms with Crippen LogP contribution in [0.3, 0.4) is 0 Å². The fraction of sp³-hybridized carbons (Fsp3) is 0.440. The van der Waals surface area contributed by atoms with Crippen molar-refractivity contribution < 1.29 is 39.0 Å². The predicted molar refractivity (Wildman–Crippen MR) is 139 cm³/mol. The van der Waals surface area contributed by atoms with Gasteiger partial charge in [-0.25, -0.2) is 4.79 Å². The third-order valence-corrected chi connectivity index (χ3v) is 6.28. The monoisotopic (exact) mass is 546 g/mol. The number of rotatable bonds is 15. The third kappa shape index (κ3) is 8.81. The van der Waals surface area contributed by atoms with Gasteiger partial charge in [0, 0.05) is 17.1 Å². The molecule has 0 aliphatic carbocycles. The van der Waals surface area contributed by atoms with Crippen molar-refractivity contribution in [3.05, 3.63) is 36.0 Å². The molecule has 1 aromatic heterocycles. The van der Waals surface area contributed by atoms with Crippen LogP contribution >= 0.6 is 0 Å². The van der Waals surface area contributed by atoms with Crippen molar-refractivity contribution in [3.8, 4) is 0 Å². The van der Waals surface area contributed by atoms with Gasteiger partial charge in [-0.1, -0.05) is 38.5 Å². The van der Waals surface area contributed by atoms with E-state index in [1.807, 2.05) is 29.6 Å². The second-order valence-corrected chi connectivity index (χ2v) is 9.27. The van der Waals surface area contributed by atoms with Crippen molar-refractivity contribution >= 4 is 46.5 Å². The maximum atomic E-state index is 13.2. The summed E-state index contributed by atoms with van der Waals surface area (Å²) in [6.07, 6.45) is 0.724. The Kier molecular flexibility index (Phi) is 11.0. The Morgan fingerprint density at radius 3 is 2.15 bits per heavy atom. The number of hydrogen-bond acceptors (Lipinski definition) is 7. The minimum atomic E-state index is -1.73. The molecule has 14 nitrogen and oxygen atoms in total. The minimum absolute atomic E-state index is 0.172. The molecule has 10 N–H and O–H groups in total. The van der Waals surface area contributed by atoms with Crippen LogP contribution in [0.4, 0.5) is 0 Å². The Morgan fingerprint density at radius 1 is 0.923 bits per heavy atom. The predicted octanol–water partition coefficient (Wildman–Crippen LogP) is -1.03. The van der Waals surface area contributed by atoms with Gasteiger partial charge in [0.05, 0.1) is 18.9 Å². The van der Waals surface area contributed by atoms with E-state index in [-0.39, 0.29) is 6.42 Å². The summed E-state index contributed by atoms with van der Waals surface area (Å²) < 4.78 is 0. The Labute approximate surface area is 223 Å². The Balaban J connectivity index is 2.16. The van der Waals surface area contributed by atoms with Crippen molar-refractivity contribution in [2.45, 2.75) is 63.7 Å². The lowest BCUT2D eigenvalue weighted by Crippen LogP contribution is -2.59. The summed E-state index contributed by atoms with van der Waals surface area (Å²) in [7, 11) is 0. The van der Waals surface area contributed by atoms with Crippen LogP contribution in [0.1, 0.15) is 38.7 Å². The number of nitrogens with one attached hydrogen (secondary N) is 4. The molecule has 0 saturated carbocycles. The summed E-state index contributed by atoms with van der Waals surface area (Å²) in [5.74, 6) is -7.12. The molecule has 0 saturated heterocycles. The molecule has 39 heavy (non-hydrogen) atoms. The van der Waals surface area contributed by atoms with Gasteiger partial charge >= 0.3 is 11.9 Å². The maximum Gasteiger partial charge on any atom is 0.326 e. The number of hydrogen-bond donors (Lipinski definition) is 8. The van der Waals surface area contributed by atoms with Gasteiger partial charge in [0.2, 0.25) is 23.6 Å². The van der Waals surface area contributed by atoms with Gasteiger partial charge in [0.25, 0.3) is 0 Å². The molecule has 0 spiro atoms. The van der Waals surface area contributed by atoms with E-state index >= 15 is 0 Å². The van der Waals surface area contributed by atoms with Crippen LogP contribution in [-0.4, -0.2) is 74.9 Å². The lowest BCUT2D eigenvalue weighted by Gasteiger charge is -2.27. The molecule has 5 unspecified atom stereocenters. The average molecular weight is 547 g/mol. The Morgan fingerprint density at radius 2 is 1.56 bits per heavy atom. The van der Waals surface area contributed by atoms with Crippen LogP contribution in [0.15, 0.2) is 30.5 Å². The summed E-state index contributed by atoms with van der Waals surface area (Å²) in [4.78, 5) is 75.7. The van der Waals surface area contributed by atoms with Gasteiger partial charge in [0.1, 0.15) is 18.1 Å². The van der Waals surface area contributed by atoms with Gasteiger partial charge in [-0.3, -0.25) is 24.0 Å². The van der Waals surface area contributed by atoms with E-state index in [1.165, 1.54) is 0 Å². The van der Waals surface area contributed by atoms with Crippen molar-refractivity contribution in [1.82, 2.24) is 20.9 Å². The number of aromatic nitrogens is 1. The number of H-pyrrole nitrogens is 1. The number of fused-ring (bicyclic) bond motifs is 1. The van der Waals surface area contributed by atoms with E-state index in [0.717, 1.165) is 16.5 Å². The normalized spacial score (nSPS) is 14.8. The smallest absolute Gasteiger partial charge is 0.326 e. The molecule has 0 radical (unpaired) electrons. The number of carbonyl (C=O) groups is 6. The van der Waals surface area contributed by atoms with Crippen LogP contribution < -0.4 is 27.4 Å². The number of aromatic amines is 1. The topological polar surface area (TPSA) is 247 Å². The van der Waals surface area contributed by atoms with E-state index in [4.69, 9.17) is 11.5 Å². The summed E-state index contributed by atoms with van der Waals surface area (Å²) in [6.45, 7) is 3.45. The number of carboxylic acids is 2. The van der Waals surface area contributed by atoms with Crippen LogP contribution in [0.5, 0.6) is 0 Å². The minimum Gasteiger partial charge on any atom is -0.481 e. The zero-order valence-corrected chi connectivity index (χ0v) is 21.6. The second kappa shape index (κ2) is 13.9. The number of benzene rings is 1. The molecule has 0 bridgehead atoms. The fourth-order valence-electron chi connectivity index (χ4n) is 3.91. The summed E-state index contributed by atoms with van der Waals surface area (Å²) >= 11 is 0. The third-order valence-electron chi connectivity index (χ3n) is 6.28. The maximum absolute atomic E-state index is 13.2. The molecule has 2 rings (SSSR count). The quantitative estimate of drug-likeness (QED) is 0.136. The SMILES string of the molecule is CCC(C)C(NC(=O)C(N)Cc1c[nH]c2ccccc12)C(=O)NC(CC(=O)O)C(=O)NC(CC(N)=O)C(=O)O. The molecule has 1 aromatic carbocycles. The van der Waals surface area contributed by atoms with Crippen molar-refractivity contribution in [2.75, 3.05) is 0 Å². The number of carbonyl (C=O) groups excluding carboxylic acids is 4. The second-order valence-electron chi connectivity index (χ2n) is 9.27. The number of para-hydroxylation sites is 1. The lowest BCUT2D eigenvalue weighted by atomic mass is 9.96. The summed E-state index contributed by atoms with van der Waals surface area (Å²) in [5.41, 5.74) is 12.8. The molecule has 0 aliphatic heterocycles. The van der Waals surface area contributed by atoms with Crippen LogP contribution in [-0.2, 0) is 35.2 Å². The summed E-state index contributed by atoms with van der Waals surface area (Å²) in [6, 6.07) is 1.85. The summed E-state index contributed by atoms with van der Waals surface area (Å²) in [5, 5.41) is 26.2. The van der Waals surface area contributed by atoms with Crippen LogP contribution in [0.2, 0.25) is 0 Å². The van der Waals surface area contributed by atoms with E-state index < -0.39 is 78.5 Å². The first-order valence-electron chi connectivity index (χ1n) is 12.3. The van der Waals surface area contributed by atoms with E-state index in [0.29, 0.717) is 6.42 Å². The number of primary amides is 1. The number of aliphatic carboxylic acids is 2. The highest BCUT2D eigenvalue weighted by Gasteiger charge is 2.34. The highest BCUT2D eigenvalue weighted by atomic mass is 16.4. The zero-order valence-electron chi connectivity index (χ0n) is 21.6. The van der Waals surface area contributed by atoms with Crippen molar-refractivity contribution in [1.29, 1.82) is 0 Å². The average Bonchev–Trinajstić information content (AvgIpc) is 3.27. The largest absolute Gasteiger partial charge is 0.481 e. The van der Waals surface area contributed by atoms with Crippen molar-refractivity contribution in [2.24, 2.45) is 17.4 Å². The van der Waals surface area contributed by atoms with Gasteiger partial charge in [-0.05, 0) is 24.0 Å². The number of carboxylic acid groups (broad SMARTS) is 2. The van der Waals surface area contributed by atoms with Gasteiger partial charge in [0.15, 0.2) is 0 Å².